The van der Waals surface area contributed by atoms with Gasteiger partial charge in [0.05, 0.1) is 6.21 Å². The molecule has 0 saturated heterocycles. The number of hydrogen-bond donors (Lipinski definition) is 0. The van der Waals surface area contributed by atoms with Gasteiger partial charge in [-0.1, -0.05) is 85.8 Å². The van der Waals surface area contributed by atoms with Crippen LogP contribution < -0.4 is 0 Å². The van der Waals surface area contributed by atoms with Crippen molar-refractivity contribution in [3.63, 3.8) is 0 Å². The molecule has 0 aliphatic heterocycles. The molecule has 0 amide bonds. The Kier molecular flexibility index (Phi) is 6.85. The SMILES string of the molecule is CCc1ccccc1C=NN=C(c1ccccc1)c1ccc(CC(C)F)cc1. The van der Waals surface area contributed by atoms with Crippen LogP contribution in [0.3, 0.4) is 0 Å². The fraction of sp³-hybridized carbons (Fsp3) is 0.200. The van der Waals surface area contributed by atoms with Crippen molar-refractivity contribution in [2.75, 3.05) is 0 Å². The second-order valence-corrected chi connectivity index (χ2v) is 6.79. The van der Waals surface area contributed by atoms with E-state index in [9.17, 15) is 4.39 Å². The van der Waals surface area contributed by atoms with Gasteiger partial charge in [-0.2, -0.15) is 5.10 Å². The lowest BCUT2D eigenvalue weighted by molar-refractivity contribution is 0.360. The van der Waals surface area contributed by atoms with E-state index in [0.717, 1.165) is 34.4 Å². The number of hydrogen-bond acceptors (Lipinski definition) is 2. The van der Waals surface area contributed by atoms with Crippen LogP contribution in [0.5, 0.6) is 0 Å². The highest BCUT2D eigenvalue weighted by Crippen LogP contribution is 2.15. The molecule has 142 valence electrons. The van der Waals surface area contributed by atoms with Crippen molar-refractivity contribution >= 4 is 11.9 Å². The summed E-state index contributed by atoms with van der Waals surface area (Å²) in [7, 11) is 0. The van der Waals surface area contributed by atoms with E-state index < -0.39 is 6.17 Å². The third-order valence-corrected chi connectivity index (χ3v) is 4.58. The van der Waals surface area contributed by atoms with Gasteiger partial charge in [0.1, 0.15) is 11.9 Å². The molecule has 0 aromatic heterocycles. The van der Waals surface area contributed by atoms with Crippen molar-refractivity contribution in [2.24, 2.45) is 10.2 Å². The second-order valence-electron chi connectivity index (χ2n) is 6.79. The Morgan fingerprint density at radius 3 is 2.21 bits per heavy atom. The summed E-state index contributed by atoms with van der Waals surface area (Å²) in [6.07, 6.45) is 2.33. The first-order chi connectivity index (χ1) is 13.7. The van der Waals surface area contributed by atoms with Crippen LogP contribution in [0, 0.1) is 0 Å². The topological polar surface area (TPSA) is 24.7 Å². The van der Waals surface area contributed by atoms with Gasteiger partial charge >= 0.3 is 0 Å². The maximum atomic E-state index is 13.3. The Morgan fingerprint density at radius 1 is 0.893 bits per heavy atom. The molecule has 3 aromatic rings. The lowest BCUT2D eigenvalue weighted by Gasteiger charge is -2.08. The maximum Gasteiger partial charge on any atom is 0.101 e. The minimum atomic E-state index is -0.851. The summed E-state index contributed by atoms with van der Waals surface area (Å²) in [5.41, 5.74) is 6.05. The molecule has 0 radical (unpaired) electrons. The van der Waals surface area contributed by atoms with Crippen LogP contribution in [0.1, 0.15) is 41.7 Å². The van der Waals surface area contributed by atoms with Crippen molar-refractivity contribution in [2.45, 2.75) is 32.9 Å². The predicted molar refractivity (Wildman–Crippen MR) is 116 cm³/mol. The summed E-state index contributed by atoms with van der Waals surface area (Å²) >= 11 is 0. The Bertz CT molecular complexity index is 942. The van der Waals surface area contributed by atoms with E-state index in [1.54, 1.807) is 13.1 Å². The Morgan fingerprint density at radius 2 is 1.54 bits per heavy atom. The molecule has 3 rings (SSSR count). The molecular formula is C25H25FN2. The highest BCUT2D eigenvalue weighted by Gasteiger charge is 2.08. The van der Waals surface area contributed by atoms with Gasteiger partial charge in [0.2, 0.25) is 0 Å². The predicted octanol–water partition coefficient (Wildman–Crippen LogP) is 6.02. The van der Waals surface area contributed by atoms with E-state index in [2.05, 4.69) is 23.2 Å². The van der Waals surface area contributed by atoms with Crippen molar-refractivity contribution in [3.8, 4) is 0 Å². The van der Waals surface area contributed by atoms with Crippen molar-refractivity contribution in [1.29, 1.82) is 0 Å². The zero-order valence-corrected chi connectivity index (χ0v) is 16.3. The molecule has 0 saturated carbocycles. The van der Waals surface area contributed by atoms with Gasteiger partial charge in [0, 0.05) is 17.5 Å². The summed E-state index contributed by atoms with van der Waals surface area (Å²) < 4.78 is 13.3. The van der Waals surface area contributed by atoms with E-state index in [-0.39, 0.29) is 0 Å². The van der Waals surface area contributed by atoms with E-state index >= 15 is 0 Å². The first-order valence-corrected chi connectivity index (χ1v) is 9.65. The van der Waals surface area contributed by atoms with Gasteiger partial charge in [-0.05, 0) is 30.0 Å². The van der Waals surface area contributed by atoms with Gasteiger partial charge in [-0.3, -0.25) is 0 Å². The smallest absolute Gasteiger partial charge is 0.101 e. The second kappa shape index (κ2) is 9.75. The molecule has 1 atom stereocenters. The van der Waals surface area contributed by atoms with Crippen molar-refractivity contribution in [3.05, 3.63) is 107 Å². The van der Waals surface area contributed by atoms with Crippen LogP contribution in [0.25, 0.3) is 0 Å². The zero-order chi connectivity index (χ0) is 19.8. The molecule has 0 fully saturated rings. The van der Waals surface area contributed by atoms with Gasteiger partial charge in [0.15, 0.2) is 0 Å². The van der Waals surface area contributed by atoms with Crippen LogP contribution in [-0.2, 0) is 12.8 Å². The standard InChI is InChI=1S/C25H25FN2/c1-3-21-9-7-8-12-24(21)18-27-28-25(22-10-5-4-6-11-22)23-15-13-20(14-16-23)17-19(2)26/h4-16,18-19H,3,17H2,1-2H3. The number of halogens is 1. The summed E-state index contributed by atoms with van der Waals surface area (Å²) in [4.78, 5) is 0. The number of benzene rings is 3. The van der Waals surface area contributed by atoms with Crippen molar-refractivity contribution < 1.29 is 4.39 Å². The van der Waals surface area contributed by atoms with E-state index in [0.29, 0.717) is 6.42 Å². The Balaban J connectivity index is 1.93. The van der Waals surface area contributed by atoms with Crippen molar-refractivity contribution in [1.82, 2.24) is 0 Å². The van der Waals surface area contributed by atoms with E-state index in [4.69, 9.17) is 0 Å². The lowest BCUT2D eigenvalue weighted by atomic mass is 10.00. The minimum absolute atomic E-state index is 0.421. The molecule has 0 heterocycles. The first-order valence-electron chi connectivity index (χ1n) is 9.65. The third-order valence-electron chi connectivity index (χ3n) is 4.58. The van der Waals surface area contributed by atoms with E-state index in [1.165, 1.54) is 5.56 Å². The molecule has 0 N–H and O–H groups in total. The molecule has 0 aliphatic rings. The molecule has 0 spiro atoms. The summed E-state index contributed by atoms with van der Waals surface area (Å²) in [5.74, 6) is 0. The van der Waals surface area contributed by atoms with Crippen LogP contribution >= 0.6 is 0 Å². The largest absolute Gasteiger partial charge is 0.247 e. The molecule has 0 bridgehead atoms. The molecule has 2 nitrogen and oxygen atoms in total. The summed E-state index contributed by atoms with van der Waals surface area (Å²) in [5, 5.41) is 8.91. The van der Waals surface area contributed by atoms with Gasteiger partial charge in [-0.25, -0.2) is 4.39 Å². The Labute approximate surface area is 166 Å². The fourth-order valence-corrected chi connectivity index (χ4v) is 3.13. The highest BCUT2D eigenvalue weighted by molar-refractivity contribution is 6.13. The van der Waals surface area contributed by atoms with Crippen LogP contribution in [-0.4, -0.2) is 18.1 Å². The normalized spacial score (nSPS) is 13.0. The van der Waals surface area contributed by atoms with Crippen LogP contribution in [0.2, 0.25) is 0 Å². The number of aryl methyl sites for hydroxylation is 1. The molecule has 1 unspecified atom stereocenters. The summed E-state index contributed by atoms with van der Waals surface area (Å²) in [6.45, 7) is 3.71. The zero-order valence-electron chi connectivity index (χ0n) is 16.3. The first kappa shape index (κ1) is 19.7. The number of rotatable bonds is 7. The highest BCUT2D eigenvalue weighted by atomic mass is 19.1. The third kappa shape index (κ3) is 5.23. The number of alkyl halides is 1. The van der Waals surface area contributed by atoms with Gasteiger partial charge in [0.25, 0.3) is 0 Å². The van der Waals surface area contributed by atoms with Gasteiger partial charge in [-0.15, -0.1) is 5.10 Å². The summed E-state index contributed by atoms with van der Waals surface area (Å²) in [6, 6.07) is 26.1. The van der Waals surface area contributed by atoms with Gasteiger partial charge < -0.3 is 0 Å². The lowest BCUT2D eigenvalue weighted by Crippen LogP contribution is -2.04. The molecule has 3 heteroatoms. The quantitative estimate of drug-likeness (QED) is 0.358. The molecular weight excluding hydrogens is 347 g/mol. The molecule has 0 aliphatic carbocycles. The number of nitrogens with zero attached hydrogens (tertiary/aromatic N) is 2. The van der Waals surface area contributed by atoms with E-state index in [1.807, 2.05) is 72.8 Å². The molecule has 28 heavy (non-hydrogen) atoms. The average Bonchev–Trinajstić information content (AvgIpc) is 2.72. The fourth-order valence-electron chi connectivity index (χ4n) is 3.13. The maximum absolute atomic E-state index is 13.3. The monoisotopic (exact) mass is 372 g/mol. The van der Waals surface area contributed by atoms with Crippen LogP contribution in [0.15, 0.2) is 89.1 Å². The minimum Gasteiger partial charge on any atom is -0.247 e. The molecule has 3 aromatic carbocycles. The van der Waals surface area contributed by atoms with Crippen LogP contribution in [0.4, 0.5) is 4.39 Å². The Hall–Kier alpha value is -3.07. The average molecular weight is 372 g/mol.